The highest BCUT2D eigenvalue weighted by atomic mass is 79.9. The minimum absolute atomic E-state index is 0.00340. The highest BCUT2D eigenvalue weighted by Gasteiger charge is 2.15. The number of aromatic nitrogens is 2. The first-order valence-corrected chi connectivity index (χ1v) is 6.93. The van der Waals surface area contributed by atoms with Gasteiger partial charge in [0.1, 0.15) is 0 Å². The number of hydrogen-bond acceptors (Lipinski definition) is 2. The number of amides is 1. The smallest absolute Gasteiger partial charge is 0.255 e. The first kappa shape index (κ1) is 13.8. The number of benzene rings is 1. The summed E-state index contributed by atoms with van der Waals surface area (Å²) in [6.45, 7) is 3.39. The van der Waals surface area contributed by atoms with E-state index in [1.807, 2.05) is 41.9 Å². The van der Waals surface area contributed by atoms with Crippen molar-refractivity contribution in [1.29, 1.82) is 0 Å². The SMILES string of the molecule is CCn1nccc1CN(C)C(=O)c1ccccc1Br. The Morgan fingerprint density at radius 3 is 2.79 bits per heavy atom. The quantitative estimate of drug-likeness (QED) is 0.868. The van der Waals surface area contributed by atoms with Gasteiger partial charge in [0.05, 0.1) is 17.8 Å². The number of aryl methyl sites for hydroxylation is 1. The third kappa shape index (κ3) is 3.04. The molecule has 5 heteroatoms. The number of nitrogens with zero attached hydrogens (tertiary/aromatic N) is 3. The Balaban J connectivity index is 2.14. The molecule has 1 aromatic carbocycles. The molecule has 0 N–H and O–H groups in total. The Bertz CT molecular complexity index is 580. The zero-order chi connectivity index (χ0) is 13.8. The molecule has 2 aromatic rings. The van der Waals surface area contributed by atoms with Crippen LogP contribution in [-0.2, 0) is 13.1 Å². The zero-order valence-corrected chi connectivity index (χ0v) is 12.6. The van der Waals surface area contributed by atoms with Gasteiger partial charge in [-0.15, -0.1) is 0 Å². The maximum absolute atomic E-state index is 12.4. The summed E-state index contributed by atoms with van der Waals surface area (Å²) in [5.41, 5.74) is 1.71. The van der Waals surface area contributed by atoms with Crippen molar-refractivity contribution < 1.29 is 4.79 Å². The Hall–Kier alpha value is -1.62. The molecular weight excluding hydrogens is 306 g/mol. The molecule has 0 fully saturated rings. The van der Waals surface area contributed by atoms with Crippen LogP contribution >= 0.6 is 15.9 Å². The average molecular weight is 322 g/mol. The fourth-order valence-corrected chi connectivity index (χ4v) is 2.39. The molecule has 0 saturated carbocycles. The number of carbonyl (C=O) groups excluding carboxylic acids is 1. The van der Waals surface area contributed by atoms with Crippen molar-refractivity contribution in [3.8, 4) is 0 Å². The Labute approximate surface area is 121 Å². The summed E-state index contributed by atoms with van der Waals surface area (Å²) < 4.78 is 2.71. The summed E-state index contributed by atoms with van der Waals surface area (Å²) >= 11 is 3.41. The monoisotopic (exact) mass is 321 g/mol. The lowest BCUT2D eigenvalue weighted by Gasteiger charge is -2.18. The molecule has 0 aliphatic rings. The van der Waals surface area contributed by atoms with Crippen LogP contribution in [0.4, 0.5) is 0 Å². The third-order valence-corrected chi connectivity index (χ3v) is 3.65. The molecule has 100 valence electrons. The van der Waals surface area contributed by atoms with Gasteiger partial charge >= 0.3 is 0 Å². The van der Waals surface area contributed by atoms with E-state index in [1.165, 1.54) is 0 Å². The summed E-state index contributed by atoms with van der Waals surface area (Å²) in [7, 11) is 1.80. The molecule has 19 heavy (non-hydrogen) atoms. The van der Waals surface area contributed by atoms with E-state index in [2.05, 4.69) is 21.0 Å². The Morgan fingerprint density at radius 2 is 2.11 bits per heavy atom. The van der Waals surface area contributed by atoms with Crippen molar-refractivity contribution in [3.05, 3.63) is 52.3 Å². The summed E-state index contributed by atoms with van der Waals surface area (Å²) in [5.74, 6) is -0.00340. The van der Waals surface area contributed by atoms with Crippen molar-refractivity contribution in [2.75, 3.05) is 7.05 Å². The van der Waals surface area contributed by atoms with Crippen LogP contribution in [0.15, 0.2) is 41.0 Å². The van der Waals surface area contributed by atoms with Gasteiger partial charge in [0, 0.05) is 24.3 Å². The molecular formula is C14H16BrN3O. The van der Waals surface area contributed by atoms with E-state index in [0.29, 0.717) is 12.1 Å². The first-order chi connectivity index (χ1) is 9.13. The van der Waals surface area contributed by atoms with Crippen LogP contribution in [-0.4, -0.2) is 27.6 Å². The zero-order valence-electron chi connectivity index (χ0n) is 11.0. The number of rotatable bonds is 4. The molecule has 0 radical (unpaired) electrons. The van der Waals surface area contributed by atoms with Crippen LogP contribution < -0.4 is 0 Å². The molecule has 0 aliphatic carbocycles. The number of carbonyl (C=O) groups is 1. The van der Waals surface area contributed by atoms with E-state index < -0.39 is 0 Å². The lowest BCUT2D eigenvalue weighted by atomic mass is 10.2. The summed E-state index contributed by atoms with van der Waals surface area (Å²) in [6, 6.07) is 9.39. The summed E-state index contributed by atoms with van der Waals surface area (Å²) in [5, 5.41) is 4.21. The molecule has 0 saturated heterocycles. The maximum Gasteiger partial charge on any atom is 0.255 e. The van der Waals surface area contributed by atoms with Gasteiger partial charge in [0.2, 0.25) is 0 Å². The second-order valence-electron chi connectivity index (χ2n) is 4.28. The minimum atomic E-state index is -0.00340. The van der Waals surface area contributed by atoms with Gasteiger partial charge in [-0.05, 0) is 41.1 Å². The van der Waals surface area contributed by atoms with Crippen molar-refractivity contribution in [2.24, 2.45) is 0 Å². The van der Waals surface area contributed by atoms with Gasteiger partial charge < -0.3 is 4.90 Å². The molecule has 0 unspecified atom stereocenters. The topological polar surface area (TPSA) is 38.1 Å². The van der Waals surface area contributed by atoms with Gasteiger partial charge in [0.15, 0.2) is 0 Å². The molecule has 1 amide bonds. The van der Waals surface area contributed by atoms with Gasteiger partial charge in [-0.3, -0.25) is 9.48 Å². The van der Waals surface area contributed by atoms with Gasteiger partial charge in [-0.25, -0.2) is 0 Å². The first-order valence-electron chi connectivity index (χ1n) is 6.14. The standard InChI is InChI=1S/C14H16BrN3O/c1-3-18-11(8-9-16-18)10-17(2)14(19)12-6-4-5-7-13(12)15/h4-9H,3,10H2,1-2H3. The lowest BCUT2D eigenvalue weighted by Crippen LogP contribution is -2.27. The van der Waals surface area contributed by atoms with E-state index in [-0.39, 0.29) is 5.91 Å². The molecule has 0 spiro atoms. The number of hydrogen-bond donors (Lipinski definition) is 0. The Morgan fingerprint density at radius 1 is 1.37 bits per heavy atom. The van der Waals surface area contributed by atoms with Gasteiger partial charge in [-0.2, -0.15) is 5.10 Å². The summed E-state index contributed by atoms with van der Waals surface area (Å²) in [4.78, 5) is 14.1. The molecule has 0 bridgehead atoms. The maximum atomic E-state index is 12.4. The van der Waals surface area contributed by atoms with Crippen LogP contribution in [0.25, 0.3) is 0 Å². The van der Waals surface area contributed by atoms with Crippen molar-refractivity contribution in [2.45, 2.75) is 20.0 Å². The van der Waals surface area contributed by atoms with Crippen molar-refractivity contribution >= 4 is 21.8 Å². The van der Waals surface area contributed by atoms with E-state index >= 15 is 0 Å². The fourth-order valence-electron chi connectivity index (χ4n) is 1.93. The third-order valence-electron chi connectivity index (χ3n) is 2.95. The molecule has 4 nitrogen and oxygen atoms in total. The highest BCUT2D eigenvalue weighted by Crippen LogP contribution is 2.18. The molecule has 0 aliphatic heterocycles. The van der Waals surface area contributed by atoms with Crippen LogP contribution in [0.5, 0.6) is 0 Å². The predicted molar refractivity (Wildman–Crippen MR) is 77.8 cm³/mol. The second-order valence-corrected chi connectivity index (χ2v) is 5.13. The summed E-state index contributed by atoms with van der Waals surface area (Å²) in [6.07, 6.45) is 1.76. The van der Waals surface area contributed by atoms with Crippen LogP contribution in [0.2, 0.25) is 0 Å². The molecule has 0 atom stereocenters. The number of halogens is 1. The molecule has 1 heterocycles. The second kappa shape index (κ2) is 6.02. The van der Waals surface area contributed by atoms with Crippen LogP contribution in [0.3, 0.4) is 0 Å². The van der Waals surface area contributed by atoms with E-state index in [1.54, 1.807) is 18.1 Å². The van der Waals surface area contributed by atoms with E-state index in [9.17, 15) is 4.79 Å². The van der Waals surface area contributed by atoms with Crippen molar-refractivity contribution in [1.82, 2.24) is 14.7 Å². The van der Waals surface area contributed by atoms with Crippen LogP contribution in [0.1, 0.15) is 23.0 Å². The Kier molecular flexibility index (Phi) is 4.37. The van der Waals surface area contributed by atoms with Crippen LogP contribution in [0, 0.1) is 0 Å². The lowest BCUT2D eigenvalue weighted by molar-refractivity contribution is 0.0780. The van der Waals surface area contributed by atoms with E-state index in [0.717, 1.165) is 16.7 Å². The molecule has 1 aromatic heterocycles. The van der Waals surface area contributed by atoms with Gasteiger partial charge in [0.25, 0.3) is 5.91 Å². The van der Waals surface area contributed by atoms with E-state index in [4.69, 9.17) is 0 Å². The largest absolute Gasteiger partial charge is 0.336 e. The predicted octanol–water partition coefficient (Wildman–Crippen LogP) is 2.94. The average Bonchev–Trinajstić information content (AvgIpc) is 2.85. The fraction of sp³-hybridized carbons (Fsp3) is 0.286. The van der Waals surface area contributed by atoms with Gasteiger partial charge in [-0.1, -0.05) is 12.1 Å². The minimum Gasteiger partial charge on any atom is -0.336 e. The molecule has 2 rings (SSSR count). The highest BCUT2D eigenvalue weighted by molar-refractivity contribution is 9.10. The van der Waals surface area contributed by atoms with Crippen molar-refractivity contribution in [3.63, 3.8) is 0 Å². The normalized spacial score (nSPS) is 10.5.